The van der Waals surface area contributed by atoms with Gasteiger partial charge in [0, 0.05) is 25.0 Å². The fourth-order valence-corrected chi connectivity index (χ4v) is 2.90. The average Bonchev–Trinajstić information content (AvgIpc) is 2.34. The number of carbonyl (C=O) groups is 1. The third kappa shape index (κ3) is 3.98. The fourth-order valence-electron chi connectivity index (χ4n) is 2.90. The van der Waals surface area contributed by atoms with Gasteiger partial charge in [-0.15, -0.1) is 0 Å². The highest BCUT2D eigenvalue weighted by Gasteiger charge is 2.30. The highest BCUT2D eigenvalue weighted by Crippen LogP contribution is 2.30. The van der Waals surface area contributed by atoms with Gasteiger partial charge in [-0.2, -0.15) is 0 Å². The molecule has 1 fully saturated rings. The van der Waals surface area contributed by atoms with Crippen molar-refractivity contribution in [3.63, 3.8) is 0 Å². The van der Waals surface area contributed by atoms with Gasteiger partial charge in [0.15, 0.2) is 0 Å². The average molecular weight is 240 g/mol. The molecule has 17 heavy (non-hydrogen) atoms. The molecule has 3 unspecified atom stereocenters. The summed E-state index contributed by atoms with van der Waals surface area (Å²) in [6.07, 6.45) is 5.55. The Morgan fingerprint density at radius 1 is 1.41 bits per heavy atom. The smallest absolute Gasteiger partial charge is 0.225 e. The van der Waals surface area contributed by atoms with Crippen LogP contribution in [0.5, 0.6) is 0 Å². The van der Waals surface area contributed by atoms with Crippen LogP contribution in [-0.2, 0) is 4.79 Å². The highest BCUT2D eigenvalue weighted by molar-refractivity contribution is 5.78. The molecule has 0 spiro atoms. The van der Waals surface area contributed by atoms with Crippen molar-refractivity contribution in [2.24, 2.45) is 17.6 Å². The minimum absolute atomic E-state index is 0.146. The predicted molar refractivity (Wildman–Crippen MR) is 71.6 cm³/mol. The first-order valence-electron chi connectivity index (χ1n) is 7.14. The monoisotopic (exact) mass is 240 g/mol. The molecule has 1 amide bonds. The number of rotatable bonds is 5. The molecule has 0 bridgehead atoms. The van der Waals surface area contributed by atoms with Crippen LogP contribution in [-0.4, -0.2) is 29.9 Å². The molecule has 1 rings (SSSR count). The standard InChI is InChI=1S/C14H28N2O/c1-4-9-16(5-2)14(17)11(3)12-7-6-8-13(15)10-12/h11-13H,4-10,15H2,1-3H3. The fraction of sp³-hybridized carbons (Fsp3) is 0.929. The van der Waals surface area contributed by atoms with E-state index in [1.807, 2.05) is 4.90 Å². The number of amides is 1. The molecule has 0 saturated heterocycles. The van der Waals surface area contributed by atoms with E-state index < -0.39 is 0 Å². The molecule has 0 aromatic rings. The first-order valence-corrected chi connectivity index (χ1v) is 7.14. The van der Waals surface area contributed by atoms with Gasteiger partial charge >= 0.3 is 0 Å². The van der Waals surface area contributed by atoms with Crippen LogP contribution in [0.15, 0.2) is 0 Å². The van der Waals surface area contributed by atoms with Crippen molar-refractivity contribution in [3.05, 3.63) is 0 Å². The lowest BCUT2D eigenvalue weighted by Gasteiger charge is -2.33. The molecular formula is C14H28N2O. The quantitative estimate of drug-likeness (QED) is 0.802. The molecule has 0 aromatic heterocycles. The van der Waals surface area contributed by atoms with Crippen molar-refractivity contribution in [1.29, 1.82) is 0 Å². The van der Waals surface area contributed by atoms with E-state index >= 15 is 0 Å². The summed E-state index contributed by atoms with van der Waals surface area (Å²) in [4.78, 5) is 14.3. The molecule has 0 radical (unpaired) electrons. The minimum atomic E-state index is 0.146. The normalized spacial score (nSPS) is 26.6. The number of nitrogens with two attached hydrogens (primary N) is 1. The van der Waals surface area contributed by atoms with E-state index in [1.165, 1.54) is 12.8 Å². The lowest BCUT2D eigenvalue weighted by atomic mass is 9.78. The molecule has 0 aliphatic heterocycles. The van der Waals surface area contributed by atoms with Crippen molar-refractivity contribution in [2.75, 3.05) is 13.1 Å². The van der Waals surface area contributed by atoms with Gasteiger partial charge in [-0.05, 0) is 38.5 Å². The number of nitrogens with zero attached hydrogens (tertiary/aromatic N) is 1. The molecule has 3 heteroatoms. The van der Waals surface area contributed by atoms with Crippen molar-refractivity contribution in [1.82, 2.24) is 4.90 Å². The van der Waals surface area contributed by atoms with Crippen molar-refractivity contribution >= 4 is 5.91 Å². The van der Waals surface area contributed by atoms with Gasteiger partial charge in [0.1, 0.15) is 0 Å². The maximum atomic E-state index is 12.4. The molecule has 3 atom stereocenters. The molecule has 1 aliphatic carbocycles. The Morgan fingerprint density at radius 3 is 2.65 bits per heavy atom. The summed E-state index contributed by atoms with van der Waals surface area (Å²) >= 11 is 0. The van der Waals surface area contributed by atoms with Crippen LogP contribution in [0.4, 0.5) is 0 Å². The third-order valence-corrected chi connectivity index (χ3v) is 4.04. The molecule has 1 saturated carbocycles. The van der Waals surface area contributed by atoms with Crippen LogP contribution in [0.3, 0.4) is 0 Å². The Morgan fingerprint density at radius 2 is 2.12 bits per heavy atom. The first-order chi connectivity index (χ1) is 8.10. The summed E-state index contributed by atoms with van der Waals surface area (Å²) in [5.74, 6) is 0.971. The van der Waals surface area contributed by atoms with E-state index in [-0.39, 0.29) is 5.92 Å². The summed E-state index contributed by atoms with van der Waals surface area (Å²) in [6.45, 7) is 7.99. The third-order valence-electron chi connectivity index (χ3n) is 4.04. The van der Waals surface area contributed by atoms with Gasteiger partial charge in [-0.25, -0.2) is 0 Å². The van der Waals surface area contributed by atoms with E-state index in [9.17, 15) is 4.79 Å². The molecule has 1 aliphatic rings. The van der Waals surface area contributed by atoms with Gasteiger partial charge in [-0.3, -0.25) is 4.79 Å². The van der Waals surface area contributed by atoms with E-state index in [1.54, 1.807) is 0 Å². The van der Waals surface area contributed by atoms with Crippen LogP contribution in [0, 0.1) is 11.8 Å². The van der Waals surface area contributed by atoms with E-state index in [0.717, 1.165) is 32.4 Å². The molecule has 100 valence electrons. The Hall–Kier alpha value is -0.570. The van der Waals surface area contributed by atoms with Gasteiger partial charge < -0.3 is 10.6 Å². The second kappa shape index (κ2) is 7.00. The summed E-state index contributed by atoms with van der Waals surface area (Å²) in [5.41, 5.74) is 6.01. The SMILES string of the molecule is CCCN(CC)C(=O)C(C)C1CCCC(N)C1. The summed E-state index contributed by atoms with van der Waals surface area (Å²) in [5, 5.41) is 0. The summed E-state index contributed by atoms with van der Waals surface area (Å²) in [7, 11) is 0. The Balaban J connectivity index is 2.54. The van der Waals surface area contributed by atoms with E-state index in [0.29, 0.717) is 17.9 Å². The Kier molecular flexibility index (Phi) is 5.96. The number of carbonyl (C=O) groups excluding carboxylic acids is 1. The second-order valence-electron chi connectivity index (χ2n) is 5.39. The lowest BCUT2D eigenvalue weighted by Crippen LogP contribution is -2.41. The van der Waals surface area contributed by atoms with E-state index in [2.05, 4.69) is 20.8 Å². The second-order valence-corrected chi connectivity index (χ2v) is 5.39. The van der Waals surface area contributed by atoms with Gasteiger partial charge in [0.2, 0.25) is 5.91 Å². The maximum absolute atomic E-state index is 12.4. The first kappa shape index (κ1) is 14.5. The molecule has 3 nitrogen and oxygen atoms in total. The van der Waals surface area contributed by atoms with Crippen molar-refractivity contribution < 1.29 is 4.79 Å². The summed E-state index contributed by atoms with van der Waals surface area (Å²) in [6, 6.07) is 0.310. The topological polar surface area (TPSA) is 46.3 Å². The van der Waals surface area contributed by atoms with Crippen LogP contribution in [0.1, 0.15) is 52.9 Å². The van der Waals surface area contributed by atoms with Gasteiger partial charge in [-0.1, -0.05) is 20.3 Å². The zero-order chi connectivity index (χ0) is 12.8. The molecular weight excluding hydrogens is 212 g/mol. The Bertz CT molecular complexity index is 242. The van der Waals surface area contributed by atoms with Crippen LogP contribution >= 0.6 is 0 Å². The van der Waals surface area contributed by atoms with Crippen molar-refractivity contribution in [3.8, 4) is 0 Å². The van der Waals surface area contributed by atoms with Crippen LogP contribution < -0.4 is 5.73 Å². The lowest BCUT2D eigenvalue weighted by molar-refractivity contribution is -0.137. The van der Waals surface area contributed by atoms with Gasteiger partial charge in [0.25, 0.3) is 0 Å². The number of hydrogen-bond donors (Lipinski definition) is 1. The van der Waals surface area contributed by atoms with E-state index in [4.69, 9.17) is 5.73 Å². The van der Waals surface area contributed by atoms with Gasteiger partial charge in [0.05, 0.1) is 0 Å². The highest BCUT2D eigenvalue weighted by atomic mass is 16.2. The minimum Gasteiger partial charge on any atom is -0.343 e. The van der Waals surface area contributed by atoms with Crippen molar-refractivity contribution in [2.45, 2.75) is 58.9 Å². The molecule has 2 N–H and O–H groups in total. The maximum Gasteiger partial charge on any atom is 0.225 e. The molecule has 0 heterocycles. The number of hydrogen-bond acceptors (Lipinski definition) is 2. The predicted octanol–water partition coefficient (Wildman–Crippen LogP) is 2.40. The zero-order valence-corrected chi connectivity index (χ0v) is 11.6. The van der Waals surface area contributed by atoms with Crippen LogP contribution in [0.2, 0.25) is 0 Å². The summed E-state index contributed by atoms with van der Waals surface area (Å²) < 4.78 is 0. The molecule has 0 aromatic carbocycles. The zero-order valence-electron chi connectivity index (χ0n) is 11.6. The largest absolute Gasteiger partial charge is 0.343 e. The Labute approximate surface area is 106 Å². The van der Waals surface area contributed by atoms with Crippen LogP contribution in [0.25, 0.3) is 0 Å².